The van der Waals surface area contributed by atoms with Crippen molar-refractivity contribution in [3.63, 3.8) is 0 Å². The van der Waals surface area contributed by atoms with Crippen molar-refractivity contribution in [3.05, 3.63) is 46.0 Å². The molecule has 0 heterocycles. The van der Waals surface area contributed by atoms with Crippen molar-refractivity contribution < 1.29 is 14.5 Å². The van der Waals surface area contributed by atoms with Gasteiger partial charge >= 0.3 is 5.97 Å². The second-order valence-electron chi connectivity index (χ2n) is 5.37. The maximum Gasteiger partial charge on any atom is 0.313 e. The lowest BCUT2D eigenvalue weighted by molar-refractivity contribution is -0.574. The van der Waals surface area contributed by atoms with Crippen LogP contribution >= 0.6 is 0 Å². The number of hydrogen-bond donors (Lipinski definition) is 0. The first-order valence-corrected chi connectivity index (χ1v) is 6.96. The molecule has 0 radical (unpaired) electrons. The average molecular weight is 277 g/mol. The molecule has 0 aliphatic heterocycles. The topological polar surface area (TPSA) is 69.4 Å². The van der Waals surface area contributed by atoms with Gasteiger partial charge in [0.05, 0.1) is 0 Å². The predicted octanol–water partition coefficient (Wildman–Crippen LogP) is 3.10. The van der Waals surface area contributed by atoms with Crippen molar-refractivity contribution in [2.24, 2.45) is 0 Å². The first-order valence-electron chi connectivity index (χ1n) is 6.96. The Bertz CT molecular complexity index is 466. The summed E-state index contributed by atoms with van der Waals surface area (Å²) in [5, 5.41) is 11.3. The van der Waals surface area contributed by atoms with Gasteiger partial charge in [0.15, 0.2) is 0 Å². The molecule has 0 unspecified atom stereocenters. The predicted molar refractivity (Wildman–Crippen MR) is 73.7 cm³/mol. The molecule has 0 N–H and O–H groups in total. The first kappa shape index (κ1) is 14.5. The molecule has 0 atom stereocenters. The number of nitro groups is 1. The summed E-state index contributed by atoms with van der Waals surface area (Å²) in [4.78, 5) is 22.9. The highest BCUT2D eigenvalue weighted by atomic mass is 16.6. The third-order valence-electron chi connectivity index (χ3n) is 3.89. The van der Waals surface area contributed by atoms with Crippen LogP contribution in [0.15, 0.2) is 30.3 Å². The van der Waals surface area contributed by atoms with Gasteiger partial charge in [-0.05, 0) is 18.4 Å². The number of carbonyl (C=O) groups is 1. The zero-order chi connectivity index (χ0) is 14.4. The molecule has 0 aromatic heterocycles. The fraction of sp³-hybridized carbons (Fsp3) is 0.533. The third-order valence-corrected chi connectivity index (χ3v) is 3.89. The summed E-state index contributed by atoms with van der Waals surface area (Å²) in [6, 6.07) is 9.33. The van der Waals surface area contributed by atoms with Crippen LogP contribution in [0.1, 0.15) is 44.1 Å². The summed E-state index contributed by atoms with van der Waals surface area (Å²) >= 11 is 0. The molecule has 1 aliphatic rings. The van der Waals surface area contributed by atoms with Crippen molar-refractivity contribution in [3.8, 4) is 0 Å². The van der Waals surface area contributed by atoms with Gasteiger partial charge in [-0.1, -0.05) is 36.8 Å². The molecule has 20 heavy (non-hydrogen) atoms. The van der Waals surface area contributed by atoms with Gasteiger partial charge in [0.25, 0.3) is 0 Å². The Morgan fingerprint density at radius 2 is 1.85 bits per heavy atom. The average Bonchev–Trinajstić information content (AvgIpc) is 2.47. The minimum absolute atomic E-state index is 0.118. The molecule has 5 nitrogen and oxygen atoms in total. The van der Waals surface area contributed by atoms with Crippen LogP contribution in [0, 0.1) is 10.1 Å². The van der Waals surface area contributed by atoms with Gasteiger partial charge in [-0.15, -0.1) is 0 Å². The summed E-state index contributed by atoms with van der Waals surface area (Å²) < 4.78 is 5.16. The van der Waals surface area contributed by atoms with Crippen LogP contribution in [0.25, 0.3) is 0 Å². The zero-order valence-electron chi connectivity index (χ0n) is 11.4. The fourth-order valence-corrected chi connectivity index (χ4v) is 2.69. The molecular formula is C15H19NO4. The van der Waals surface area contributed by atoms with Gasteiger partial charge in [0.2, 0.25) is 5.54 Å². The number of benzene rings is 1. The van der Waals surface area contributed by atoms with Gasteiger partial charge in [0.1, 0.15) is 13.0 Å². The summed E-state index contributed by atoms with van der Waals surface area (Å²) in [5.74, 6) is -0.479. The molecule has 2 rings (SSSR count). The quantitative estimate of drug-likeness (QED) is 0.471. The monoisotopic (exact) mass is 277 g/mol. The van der Waals surface area contributed by atoms with Crippen molar-refractivity contribution in [1.82, 2.24) is 0 Å². The molecular weight excluding hydrogens is 258 g/mol. The van der Waals surface area contributed by atoms with E-state index in [0.29, 0.717) is 12.8 Å². The smallest absolute Gasteiger partial charge is 0.313 e. The van der Waals surface area contributed by atoms with Crippen molar-refractivity contribution in [2.75, 3.05) is 0 Å². The number of hydrogen-bond acceptors (Lipinski definition) is 4. The van der Waals surface area contributed by atoms with Crippen LogP contribution in [0.4, 0.5) is 0 Å². The van der Waals surface area contributed by atoms with Gasteiger partial charge < -0.3 is 4.74 Å². The van der Waals surface area contributed by atoms with Crippen LogP contribution in [-0.2, 0) is 16.1 Å². The van der Waals surface area contributed by atoms with Crippen LogP contribution in [0.3, 0.4) is 0 Å². The molecule has 5 heteroatoms. The molecule has 0 amide bonds. The zero-order valence-corrected chi connectivity index (χ0v) is 11.4. The highest BCUT2D eigenvalue weighted by molar-refractivity contribution is 5.70. The van der Waals surface area contributed by atoms with Crippen LogP contribution in [-0.4, -0.2) is 16.4 Å². The van der Waals surface area contributed by atoms with E-state index in [1.807, 2.05) is 30.3 Å². The van der Waals surface area contributed by atoms with Gasteiger partial charge in [0, 0.05) is 17.8 Å². The van der Waals surface area contributed by atoms with Crippen LogP contribution in [0.5, 0.6) is 0 Å². The third kappa shape index (κ3) is 3.56. The van der Waals surface area contributed by atoms with Gasteiger partial charge in [-0.3, -0.25) is 14.9 Å². The largest absolute Gasteiger partial charge is 0.461 e. The van der Waals surface area contributed by atoms with E-state index < -0.39 is 11.5 Å². The Kier molecular flexibility index (Phi) is 4.71. The molecule has 0 spiro atoms. The number of ether oxygens (including phenoxy) is 1. The Balaban J connectivity index is 1.90. The summed E-state index contributed by atoms with van der Waals surface area (Å²) in [5.41, 5.74) is -0.217. The van der Waals surface area contributed by atoms with Crippen molar-refractivity contribution >= 4 is 5.97 Å². The Labute approximate surface area is 118 Å². The Morgan fingerprint density at radius 3 is 2.45 bits per heavy atom. The second kappa shape index (κ2) is 6.50. The molecule has 0 bridgehead atoms. The lowest BCUT2D eigenvalue weighted by atomic mass is 9.80. The number of carbonyl (C=O) groups excluding carboxylic acids is 1. The number of esters is 1. The molecule has 1 aliphatic carbocycles. The van der Waals surface area contributed by atoms with Gasteiger partial charge in [-0.2, -0.15) is 0 Å². The van der Waals surface area contributed by atoms with Gasteiger partial charge in [-0.25, -0.2) is 0 Å². The molecule has 0 saturated heterocycles. The van der Waals surface area contributed by atoms with E-state index in [9.17, 15) is 14.9 Å². The lowest BCUT2D eigenvalue weighted by Gasteiger charge is -2.28. The van der Waals surface area contributed by atoms with E-state index in [-0.39, 0.29) is 18.0 Å². The standard InChI is InChI=1S/C15H19NO4/c17-14(20-12-13-7-3-1-4-8-13)11-15(16(18)19)9-5-2-6-10-15/h1,3-4,7-8H,2,5-6,9-12H2. The maximum atomic E-state index is 11.9. The van der Waals surface area contributed by atoms with Crippen molar-refractivity contribution in [1.29, 1.82) is 0 Å². The molecule has 1 aromatic rings. The van der Waals surface area contributed by atoms with E-state index >= 15 is 0 Å². The SMILES string of the molecule is O=C(CC1([N+](=O)[O-])CCCCC1)OCc1ccccc1. The number of rotatable bonds is 5. The first-order chi connectivity index (χ1) is 9.62. The van der Waals surface area contributed by atoms with E-state index in [0.717, 1.165) is 24.8 Å². The second-order valence-corrected chi connectivity index (χ2v) is 5.37. The molecule has 108 valence electrons. The van der Waals surface area contributed by atoms with E-state index in [1.165, 1.54) is 0 Å². The van der Waals surface area contributed by atoms with E-state index in [4.69, 9.17) is 4.74 Å². The molecule has 1 aromatic carbocycles. The molecule has 1 fully saturated rings. The Hall–Kier alpha value is -1.91. The fourth-order valence-electron chi connectivity index (χ4n) is 2.69. The number of nitrogens with zero attached hydrogens (tertiary/aromatic N) is 1. The maximum absolute atomic E-state index is 11.9. The van der Waals surface area contributed by atoms with E-state index in [2.05, 4.69) is 0 Å². The highest BCUT2D eigenvalue weighted by Crippen LogP contribution is 2.34. The van der Waals surface area contributed by atoms with Crippen LogP contribution in [0.2, 0.25) is 0 Å². The van der Waals surface area contributed by atoms with E-state index in [1.54, 1.807) is 0 Å². The van der Waals surface area contributed by atoms with Crippen LogP contribution < -0.4 is 0 Å². The normalized spacial score (nSPS) is 17.4. The summed E-state index contributed by atoms with van der Waals surface area (Å²) in [6.07, 6.45) is 3.46. The minimum atomic E-state index is -1.11. The Morgan fingerprint density at radius 1 is 1.20 bits per heavy atom. The lowest BCUT2D eigenvalue weighted by Crippen LogP contribution is -2.42. The summed E-state index contributed by atoms with van der Waals surface area (Å²) in [7, 11) is 0. The highest BCUT2D eigenvalue weighted by Gasteiger charge is 2.46. The minimum Gasteiger partial charge on any atom is -0.461 e. The summed E-state index contributed by atoms with van der Waals surface area (Å²) in [6.45, 7) is 0.174. The van der Waals surface area contributed by atoms with Crippen molar-refractivity contribution in [2.45, 2.75) is 50.7 Å². The molecule has 1 saturated carbocycles.